The van der Waals surface area contributed by atoms with Gasteiger partial charge in [0.1, 0.15) is 11.6 Å². The van der Waals surface area contributed by atoms with E-state index >= 15 is 0 Å². The lowest BCUT2D eigenvalue weighted by atomic mass is 9.98. The molecule has 0 radical (unpaired) electrons. The molecule has 6 aromatic rings. The Morgan fingerprint density at radius 3 is 2.60 bits per heavy atom. The smallest absolute Gasteiger partial charge is 0.252 e. The van der Waals surface area contributed by atoms with Gasteiger partial charge in [0.05, 0.1) is 47.2 Å². The molecule has 0 bridgehead atoms. The number of methoxy groups -OCH3 is 1. The number of aromatic amines is 1. The summed E-state index contributed by atoms with van der Waals surface area (Å²) >= 11 is 0. The van der Waals surface area contributed by atoms with E-state index in [1.165, 1.54) is 18.7 Å². The van der Waals surface area contributed by atoms with Gasteiger partial charge in [-0.15, -0.1) is 0 Å². The summed E-state index contributed by atoms with van der Waals surface area (Å²) in [7, 11) is 1.43. The fourth-order valence-corrected chi connectivity index (χ4v) is 6.10. The third-order valence-corrected chi connectivity index (χ3v) is 8.25. The van der Waals surface area contributed by atoms with E-state index in [1.54, 1.807) is 0 Å². The van der Waals surface area contributed by atoms with Crippen LogP contribution in [0.4, 0.5) is 10.2 Å². The van der Waals surface area contributed by atoms with E-state index in [0.29, 0.717) is 23.5 Å². The molecule has 1 amide bonds. The van der Waals surface area contributed by atoms with Crippen molar-refractivity contribution in [2.75, 3.05) is 19.4 Å². The predicted molar refractivity (Wildman–Crippen MR) is 170 cm³/mol. The van der Waals surface area contributed by atoms with E-state index in [1.807, 2.05) is 36.5 Å². The van der Waals surface area contributed by atoms with Crippen LogP contribution in [0.15, 0.2) is 79.0 Å². The first kappa shape index (κ1) is 28.2. The summed E-state index contributed by atoms with van der Waals surface area (Å²) in [5, 5.41) is 13.0. The number of primary amides is 1. The van der Waals surface area contributed by atoms with Crippen LogP contribution in [0.5, 0.6) is 5.75 Å². The molecule has 11 heteroatoms. The zero-order valence-corrected chi connectivity index (χ0v) is 24.6. The van der Waals surface area contributed by atoms with Crippen LogP contribution in [0.25, 0.3) is 33.4 Å². The third-order valence-electron chi connectivity index (χ3n) is 8.25. The lowest BCUT2D eigenvalue weighted by molar-refractivity contribution is 0.0996. The van der Waals surface area contributed by atoms with E-state index in [-0.39, 0.29) is 11.3 Å². The number of hydrogen-bond acceptors (Lipinski definition) is 7. The Morgan fingerprint density at radius 2 is 1.84 bits per heavy atom. The van der Waals surface area contributed by atoms with Crippen molar-refractivity contribution in [2.24, 2.45) is 5.73 Å². The zero-order chi connectivity index (χ0) is 31.1. The normalized spacial score (nSPS) is 13.2. The molecule has 4 heterocycles. The lowest BCUT2D eigenvalue weighted by Gasteiger charge is -2.27. The first-order chi connectivity index (χ1) is 21.9. The number of H-pyrrole nitrogens is 1. The van der Waals surface area contributed by atoms with E-state index < -0.39 is 11.7 Å². The number of nitrogen functional groups attached to an aromatic ring is 1. The van der Waals surface area contributed by atoms with Gasteiger partial charge in [-0.05, 0) is 29.3 Å². The number of carbonyl (C=O) groups excluding carboxylic acids is 1. The summed E-state index contributed by atoms with van der Waals surface area (Å²) in [6.07, 6.45) is 2.15. The number of nitrogens with two attached hydrogens (primary N) is 2. The highest BCUT2D eigenvalue weighted by atomic mass is 19.1. The molecule has 1 aliphatic rings. The minimum atomic E-state index is -0.750. The fraction of sp³-hybridized carbons (Fsp3) is 0.176. The SMILES string of the molecule is COc1c(Cc2ccc(-c3ncc(-c4cc5n(n4)CCN(Cc4ccccc4)C5)c4[nH]nc(N)c34)cc2)cc(F)cc1C(N)=O. The standard InChI is InChI=1S/C34H31FN8O2/c1-45-32-23(14-24(35)15-26(32)34(37)44)13-20-7-9-22(10-8-20)30-29-31(39-40-33(29)36)27(17-38-30)28-16-25-19-42(11-12-43(25)41-28)18-21-5-3-2-4-6-21/h2-10,14-17H,11-13,18-19H2,1H3,(H2,37,44)(H3,36,39,40). The molecule has 0 saturated heterocycles. The molecule has 5 N–H and O–H groups in total. The van der Waals surface area contributed by atoms with Crippen molar-refractivity contribution < 1.29 is 13.9 Å². The van der Waals surface area contributed by atoms with Gasteiger partial charge in [0.15, 0.2) is 5.82 Å². The van der Waals surface area contributed by atoms with Crippen LogP contribution in [0.2, 0.25) is 0 Å². The van der Waals surface area contributed by atoms with Gasteiger partial charge in [-0.25, -0.2) is 4.39 Å². The average molecular weight is 603 g/mol. The molecule has 3 aromatic carbocycles. The number of rotatable bonds is 8. The second-order valence-corrected chi connectivity index (χ2v) is 11.2. The zero-order valence-electron chi connectivity index (χ0n) is 24.6. The number of carbonyl (C=O) groups is 1. The topological polar surface area (TPSA) is 141 Å². The number of ether oxygens (including phenoxy) is 1. The number of aromatic nitrogens is 5. The van der Waals surface area contributed by atoms with Crippen LogP contribution in [0.3, 0.4) is 0 Å². The minimum absolute atomic E-state index is 0.00862. The van der Waals surface area contributed by atoms with Crippen LogP contribution in [0, 0.1) is 5.82 Å². The van der Waals surface area contributed by atoms with Crippen LogP contribution in [0.1, 0.15) is 32.7 Å². The highest BCUT2D eigenvalue weighted by molar-refractivity contribution is 6.05. The van der Waals surface area contributed by atoms with E-state index in [2.05, 4.69) is 50.1 Å². The molecule has 10 nitrogen and oxygen atoms in total. The summed E-state index contributed by atoms with van der Waals surface area (Å²) in [5.74, 6) is -0.691. The summed E-state index contributed by atoms with van der Waals surface area (Å²) in [6, 6.07) is 22.7. The Labute approximate surface area is 258 Å². The van der Waals surface area contributed by atoms with Gasteiger partial charge in [-0.3, -0.25) is 24.5 Å². The molecule has 7 rings (SSSR count). The van der Waals surface area contributed by atoms with Crippen LogP contribution in [-0.4, -0.2) is 49.4 Å². The van der Waals surface area contributed by atoms with E-state index in [9.17, 15) is 9.18 Å². The van der Waals surface area contributed by atoms with Crippen LogP contribution < -0.4 is 16.2 Å². The Hall–Kier alpha value is -5.55. The van der Waals surface area contributed by atoms with E-state index in [4.69, 9.17) is 26.3 Å². The number of hydrogen-bond donors (Lipinski definition) is 3. The number of nitrogens with zero attached hydrogens (tertiary/aromatic N) is 5. The second kappa shape index (κ2) is 11.5. The van der Waals surface area contributed by atoms with Gasteiger partial charge in [0.2, 0.25) is 0 Å². The molecule has 226 valence electrons. The van der Waals surface area contributed by atoms with Crippen molar-refractivity contribution in [2.45, 2.75) is 26.1 Å². The fourth-order valence-electron chi connectivity index (χ4n) is 6.10. The van der Waals surface area contributed by atoms with Gasteiger partial charge in [0, 0.05) is 48.9 Å². The van der Waals surface area contributed by atoms with Crippen LogP contribution >= 0.6 is 0 Å². The van der Waals surface area contributed by atoms with Crippen molar-refractivity contribution in [3.63, 3.8) is 0 Å². The second-order valence-electron chi connectivity index (χ2n) is 11.2. The minimum Gasteiger partial charge on any atom is -0.496 e. The highest BCUT2D eigenvalue weighted by Crippen LogP contribution is 2.36. The van der Waals surface area contributed by atoms with Crippen molar-refractivity contribution >= 4 is 22.6 Å². The third kappa shape index (κ3) is 5.38. The number of fused-ring (bicyclic) bond motifs is 2. The highest BCUT2D eigenvalue weighted by Gasteiger charge is 2.23. The number of benzene rings is 3. The molecule has 45 heavy (non-hydrogen) atoms. The summed E-state index contributed by atoms with van der Waals surface area (Å²) in [4.78, 5) is 19.1. The summed E-state index contributed by atoms with van der Waals surface area (Å²) < 4.78 is 21.7. The molecule has 0 unspecified atom stereocenters. The first-order valence-corrected chi connectivity index (χ1v) is 14.6. The molecule has 0 spiro atoms. The number of anilines is 1. The number of nitrogens with one attached hydrogen (secondary N) is 1. The molecular weight excluding hydrogens is 571 g/mol. The van der Waals surface area contributed by atoms with Crippen molar-refractivity contribution in [1.29, 1.82) is 0 Å². The van der Waals surface area contributed by atoms with Gasteiger partial charge in [-0.1, -0.05) is 54.6 Å². The Bertz CT molecular complexity index is 2040. The van der Waals surface area contributed by atoms with E-state index in [0.717, 1.165) is 71.2 Å². The summed E-state index contributed by atoms with van der Waals surface area (Å²) in [5.41, 5.74) is 19.6. The Morgan fingerprint density at radius 1 is 1.04 bits per heavy atom. The lowest BCUT2D eigenvalue weighted by Crippen LogP contribution is -2.33. The quantitative estimate of drug-likeness (QED) is 0.225. The predicted octanol–water partition coefficient (Wildman–Crippen LogP) is 4.92. The van der Waals surface area contributed by atoms with Gasteiger partial charge in [-0.2, -0.15) is 10.2 Å². The largest absolute Gasteiger partial charge is 0.496 e. The maximum Gasteiger partial charge on any atom is 0.252 e. The average Bonchev–Trinajstić information content (AvgIpc) is 3.65. The Kier molecular flexibility index (Phi) is 7.22. The molecule has 3 aromatic heterocycles. The molecule has 1 aliphatic heterocycles. The summed E-state index contributed by atoms with van der Waals surface area (Å²) in [6.45, 7) is 3.42. The van der Waals surface area contributed by atoms with Crippen molar-refractivity contribution in [1.82, 2.24) is 29.9 Å². The monoisotopic (exact) mass is 602 g/mol. The number of halogens is 1. The van der Waals surface area contributed by atoms with Crippen molar-refractivity contribution in [3.05, 3.63) is 113 Å². The Balaban J connectivity index is 1.16. The van der Waals surface area contributed by atoms with Gasteiger partial charge >= 0.3 is 0 Å². The number of amides is 1. The maximum atomic E-state index is 14.3. The molecular formula is C34H31FN8O2. The molecule has 0 fully saturated rings. The number of pyridine rings is 1. The van der Waals surface area contributed by atoms with Gasteiger partial charge < -0.3 is 16.2 Å². The van der Waals surface area contributed by atoms with Gasteiger partial charge in [0.25, 0.3) is 5.91 Å². The molecule has 0 atom stereocenters. The molecule has 0 aliphatic carbocycles. The van der Waals surface area contributed by atoms with Crippen LogP contribution in [-0.2, 0) is 26.1 Å². The maximum absolute atomic E-state index is 14.3. The first-order valence-electron chi connectivity index (χ1n) is 14.6. The van der Waals surface area contributed by atoms with Crippen molar-refractivity contribution in [3.8, 4) is 28.3 Å². The molecule has 0 saturated carbocycles.